The summed E-state index contributed by atoms with van der Waals surface area (Å²) in [5.41, 5.74) is 0. The second-order valence-electron chi connectivity index (χ2n) is 2.05. The van der Waals surface area contributed by atoms with E-state index < -0.39 is 12.7 Å². The molecule has 0 aromatic rings. The standard InChI is InChI=1S/C5H9ClF3N/c1-4(2-6)10-3-5(7,8)9/h4,10H,2-3H2,1H3. The average Bonchev–Trinajstić information content (AvgIpc) is 1.81. The molecule has 0 fully saturated rings. The molecule has 0 amide bonds. The first-order valence-electron chi connectivity index (χ1n) is 2.82. The smallest absolute Gasteiger partial charge is 0.305 e. The van der Waals surface area contributed by atoms with Crippen LogP contribution in [0, 0.1) is 0 Å². The third-order valence-corrected chi connectivity index (χ3v) is 1.35. The number of halogens is 4. The maximum Gasteiger partial charge on any atom is 0.401 e. The van der Waals surface area contributed by atoms with Gasteiger partial charge in [-0.2, -0.15) is 13.2 Å². The van der Waals surface area contributed by atoms with E-state index in [1.165, 1.54) is 0 Å². The zero-order valence-corrected chi connectivity index (χ0v) is 6.26. The van der Waals surface area contributed by atoms with Crippen molar-refractivity contribution >= 4 is 11.6 Å². The Morgan fingerprint density at radius 1 is 1.50 bits per heavy atom. The third kappa shape index (κ3) is 6.16. The van der Waals surface area contributed by atoms with Crippen molar-refractivity contribution in [3.63, 3.8) is 0 Å². The molecule has 0 aliphatic rings. The summed E-state index contributed by atoms with van der Waals surface area (Å²) in [4.78, 5) is 0. The van der Waals surface area contributed by atoms with Crippen LogP contribution in [0.25, 0.3) is 0 Å². The molecule has 0 aromatic heterocycles. The van der Waals surface area contributed by atoms with Gasteiger partial charge >= 0.3 is 6.18 Å². The SMILES string of the molecule is CC(CCl)NCC(F)(F)F. The van der Waals surface area contributed by atoms with Crippen LogP contribution in [0.15, 0.2) is 0 Å². The van der Waals surface area contributed by atoms with Gasteiger partial charge in [0.2, 0.25) is 0 Å². The molecule has 0 rings (SSSR count). The summed E-state index contributed by atoms with van der Waals surface area (Å²) in [7, 11) is 0. The third-order valence-electron chi connectivity index (χ3n) is 0.882. The summed E-state index contributed by atoms with van der Waals surface area (Å²) in [6.45, 7) is 0.625. The highest BCUT2D eigenvalue weighted by Crippen LogP contribution is 2.12. The monoisotopic (exact) mass is 175 g/mol. The highest BCUT2D eigenvalue weighted by atomic mass is 35.5. The number of rotatable bonds is 3. The van der Waals surface area contributed by atoms with Crippen LogP contribution >= 0.6 is 11.6 Å². The van der Waals surface area contributed by atoms with Gasteiger partial charge in [0.05, 0.1) is 6.54 Å². The lowest BCUT2D eigenvalue weighted by Crippen LogP contribution is -2.36. The van der Waals surface area contributed by atoms with E-state index in [1.54, 1.807) is 6.92 Å². The maximum absolute atomic E-state index is 11.4. The molecule has 0 radical (unpaired) electrons. The Morgan fingerprint density at radius 3 is 2.30 bits per heavy atom. The zero-order valence-electron chi connectivity index (χ0n) is 5.50. The van der Waals surface area contributed by atoms with Crippen molar-refractivity contribution in [3.05, 3.63) is 0 Å². The van der Waals surface area contributed by atoms with Crippen molar-refractivity contribution in [2.45, 2.75) is 19.1 Å². The van der Waals surface area contributed by atoms with Crippen LogP contribution in [0.5, 0.6) is 0 Å². The van der Waals surface area contributed by atoms with Gasteiger partial charge in [0.15, 0.2) is 0 Å². The minimum atomic E-state index is -4.14. The van der Waals surface area contributed by atoms with E-state index in [4.69, 9.17) is 11.6 Å². The molecule has 0 saturated carbocycles. The molecule has 0 aromatic carbocycles. The largest absolute Gasteiger partial charge is 0.401 e. The van der Waals surface area contributed by atoms with Crippen LogP contribution in [0.4, 0.5) is 13.2 Å². The highest BCUT2D eigenvalue weighted by molar-refractivity contribution is 6.18. The van der Waals surface area contributed by atoms with Gasteiger partial charge in [-0.05, 0) is 6.92 Å². The average molecular weight is 176 g/mol. The fourth-order valence-electron chi connectivity index (χ4n) is 0.345. The van der Waals surface area contributed by atoms with Gasteiger partial charge < -0.3 is 5.32 Å². The van der Waals surface area contributed by atoms with E-state index in [9.17, 15) is 13.2 Å². The van der Waals surface area contributed by atoms with E-state index in [-0.39, 0.29) is 11.9 Å². The predicted octanol–water partition coefficient (Wildman–Crippen LogP) is 1.77. The quantitative estimate of drug-likeness (QED) is 0.645. The van der Waals surface area contributed by atoms with Crippen molar-refractivity contribution in [3.8, 4) is 0 Å². The molecular formula is C5H9ClF3N. The molecule has 5 heteroatoms. The Hall–Kier alpha value is 0.0400. The van der Waals surface area contributed by atoms with Crippen molar-refractivity contribution in [2.24, 2.45) is 0 Å². The van der Waals surface area contributed by atoms with Crippen LogP contribution in [-0.4, -0.2) is 24.6 Å². The van der Waals surface area contributed by atoms with Gasteiger partial charge in [0.1, 0.15) is 0 Å². The molecule has 0 bridgehead atoms. The summed E-state index contributed by atoms with van der Waals surface area (Å²) < 4.78 is 34.3. The van der Waals surface area contributed by atoms with Crippen LogP contribution in [0.3, 0.4) is 0 Å². The van der Waals surface area contributed by atoms with Crippen LogP contribution in [-0.2, 0) is 0 Å². The fraction of sp³-hybridized carbons (Fsp3) is 1.00. The first-order valence-corrected chi connectivity index (χ1v) is 3.35. The number of hydrogen-bond donors (Lipinski definition) is 1. The van der Waals surface area contributed by atoms with E-state index in [0.717, 1.165) is 0 Å². The Morgan fingerprint density at radius 2 is 2.00 bits per heavy atom. The molecule has 1 atom stereocenters. The van der Waals surface area contributed by atoms with Crippen molar-refractivity contribution in [2.75, 3.05) is 12.4 Å². The summed E-state index contributed by atoms with van der Waals surface area (Å²) in [5.74, 6) is 0.191. The van der Waals surface area contributed by atoms with Gasteiger partial charge in [0, 0.05) is 11.9 Å². The first kappa shape index (κ1) is 10.0. The van der Waals surface area contributed by atoms with Crippen LogP contribution < -0.4 is 5.32 Å². The van der Waals surface area contributed by atoms with Crippen LogP contribution in [0.2, 0.25) is 0 Å². The summed E-state index contributed by atoms with van der Waals surface area (Å²) in [5, 5.41) is 2.22. The number of alkyl halides is 4. The zero-order chi connectivity index (χ0) is 8.20. The Bertz CT molecular complexity index is 93.4. The topological polar surface area (TPSA) is 12.0 Å². The van der Waals surface area contributed by atoms with Gasteiger partial charge in [-0.3, -0.25) is 0 Å². The second kappa shape index (κ2) is 4.03. The van der Waals surface area contributed by atoms with Crippen LogP contribution in [0.1, 0.15) is 6.92 Å². The second-order valence-corrected chi connectivity index (χ2v) is 2.36. The Kier molecular flexibility index (Phi) is 4.05. The fourth-order valence-corrected chi connectivity index (χ4v) is 0.454. The molecule has 1 unspecified atom stereocenters. The normalized spacial score (nSPS) is 15.3. The summed E-state index contributed by atoms with van der Waals surface area (Å²) in [6, 6.07) is -0.289. The van der Waals surface area contributed by atoms with E-state index >= 15 is 0 Å². The minimum Gasteiger partial charge on any atom is -0.305 e. The molecule has 62 valence electrons. The molecule has 10 heavy (non-hydrogen) atoms. The lowest BCUT2D eigenvalue weighted by Gasteiger charge is -2.11. The van der Waals surface area contributed by atoms with E-state index in [2.05, 4.69) is 5.32 Å². The predicted molar refractivity (Wildman–Crippen MR) is 34.2 cm³/mol. The highest BCUT2D eigenvalue weighted by Gasteiger charge is 2.26. The van der Waals surface area contributed by atoms with Gasteiger partial charge in [-0.15, -0.1) is 11.6 Å². The molecule has 0 spiro atoms. The van der Waals surface area contributed by atoms with E-state index in [1.807, 2.05) is 0 Å². The molecule has 0 saturated heterocycles. The number of nitrogens with one attached hydrogen (secondary N) is 1. The van der Waals surface area contributed by atoms with Gasteiger partial charge in [-0.1, -0.05) is 0 Å². The van der Waals surface area contributed by atoms with Crippen molar-refractivity contribution in [1.82, 2.24) is 5.32 Å². The lowest BCUT2D eigenvalue weighted by molar-refractivity contribution is -0.125. The van der Waals surface area contributed by atoms with Gasteiger partial charge in [-0.25, -0.2) is 0 Å². The lowest BCUT2D eigenvalue weighted by atomic mass is 10.4. The van der Waals surface area contributed by atoms with Crippen molar-refractivity contribution < 1.29 is 13.2 Å². The number of hydrogen-bond acceptors (Lipinski definition) is 1. The maximum atomic E-state index is 11.4. The molecule has 0 aliphatic heterocycles. The van der Waals surface area contributed by atoms with Gasteiger partial charge in [0.25, 0.3) is 0 Å². The Balaban J connectivity index is 3.36. The molecular weight excluding hydrogens is 167 g/mol. The molecule has 0 aliphatic carbocycles. The summed E-state index contributed by atoms with van der Waals surface area (Å²) >= 11 is 5.25. The summed E-state index contributed by atoms with van der Waals surface area (Å²) in [6.07, 6.45) is -4.14. The Labute approximate surface area is 62.5 Å². The van der Waals surface area contributed by atoms with E-state index in [0.29, 0.717) is 0 Å². The first-order chi connectivity index (χ1) is 4.45. The minimum absolute atomic E-state index is 0.191. The molecule has 1 nitrogen and oxygen atoms in total. The molecule has 0 heterocycles. The van der Waals surface area contributed by atoms with Crippen molar-refractivity contribution in [1.29, 1.82) is 0 Å². The molecule has 1 N–H and O–H groups in total.